The first-order valence-corrected chi connectivity index (χ1v) is 12.1. The van der Waals surface area contributed by atoms with Gasteiger partial charge in [-0.2, -0.15) is 5.26 Å². The van der Waals surface area contributed by atoms with Crippen LogP contribution in [0.4, 0.5) is 0 Å². The van der Waals surface area contributed by atoms with Crippen molar-refractivity contribution >= 4 is 17.2 Å². The number of nitriles is 1. The summed E-state index contributed by atoms with van der Waals surface area (Å²) in [6.45, 7) is 9.38. The number of carbonyl (C=O) groups excluding carboxylic acids is 1. The molecule has 0 spiro atoms. The molecule has 0 saturated carbocycles. The van der Waals surface area contributed by atoms with E-state index < -0.39 is 0 Å². The Balaban J connectivity index is 1.23. The Morgan fingerprint density at radius 3 is 2.48 bits per heavy atom. The quantitative estimate of drug-likeness (QED) is 0.718. The maximum atomic E-state index is 13.2. The highest BCUT2D eigenvalue weighted by Gasteiger charge is 2.29. The molecule has 2 saturated heterocycles. The van der Waals surface area contributed by atoms with E-state index in [1.165, 1.54) is 5.56 Å². The molecule has 0 N–H and O–H groups in total. The van der Waals surface area contributed by atoms with Crippen LogP contribution in [0.2, 0.25) is 0 Å². The number of piperidine rings is 1. The summed E-state index contributed by atoms with van der Waals surface area (Å²) >= 11 is 1.71. The summed E-state index contributed by atoms with van der Waals surface area (Å²) in [6.07, 6.45) is 2.92. The van der Waals surface area contributed by atoms with E-state index in [1.54, 1.807) is 11.3 Å². The molecule has 164 valence electrons. The van der Waals surface area contributed by atoms with Crippen molar-refractivity contribution in [2.75, 3.05) is 39.3 Å². The Hall–Kier alpha value is -2.27. The molecule has 1 aromatic carbocycles. The van der Waals surface area contributed by atoms with E-state index in [0.717, 1.165) is 82.3 Å². The zero-order chi connectivity index (χ0) is 21.6. The zero-order valence-electron chi connectivity index (χ0n) is 18.3. The summed E-state index contributed by atoms with van der Waals surface area (Å²) in [5, 5.41) is 12.2. The summed E-state index contributed by atoms with van der Waals surface area (Å²) in [6, 6.07) is 10.00. The molecule has 6 nitrogen and oxygen atoms in total. The lowest BCUT2D eigenvalue weighted by molar-refractivity contribution is -0.137. The molecule has 0 unspecified atom stereocenters. The molecule has 2 aliphatic heterocycles. The number of carbonyl (C=O) groups is 1. The molecule has 1 aromatic heterocycles. The van der Waals surface area contributed by atoms with Gasteiger partial charge in [0.1, 0.15) is 0 Å². The molecule has 0 radical (unpaired) electrons. The van der Waals surface area contributed by atoms with Crippen LogP contribution in [0.25, 0.3) is 0 Å². The minimum atomic E-state index is 0.165. The first-order valence-electron chi connectivity index (χ1n) is 11.2. The van der Waals surface area contributed by atoms with Crippen LogP contribution in [0.3, 0.4) is 0 Å². The van der Waals surface area contributed by atoms with Gasteiger partial charge in [0.15, 0.2) is 0 Å². The fourth-order valence-corrected chi connectivity index (χ4v) is 5.20. The second kappa shape index (κ2) is 10.4. The summed E-state index contributed by atoms with van der Waals surface area (Å²) in [4.78, 5) is 24.7. The third-order valence-electron chi connectivity index (χ3n) is 6.38. The lowest BCUT2D eigenvalue weighted by atomic mass is 9.95. The van der Waals surface area contributed by atoms with E-state index in [4.69, 9.17) is 5.26 Å². The van der Waals surface area contributed by atoms with Crippen LogP contribution in [-0.4, -0.2) is 64.9 Å². The van der Waals surface area contributed by atoms with E-state index >= 15 is 0 Å². The molecular weight excluding hydrogens is 406 g/mol. The van der Waals surface area contributed by atoms with Crippen molar-refractivity contribution < 1.29 is 4.79 Å². The van der Waals surface area contributed by atoms with Gasteiger partial charge in [0, 0.05) is 50.6 Å². The van der Waals surface area contributed by atoms with E-state index in [0.29, 0.717) is 11.5 Å². The van der Waals surface area contributed by atoms with Gasteiger partial charge in [-0.25, -0.2) is 4.98 Å². The number of benzene rings is 1. The van der Waals surface area contributed by atoms with Gasteiger partial charge in [0.25, 0.3) is 0 Å². The number of thiazole rings is 1. The first-order chi connectivity index (χ1) is 15.1. The normalized spacial score (nSPS) is 19.2. The van der Waals surface area contributed by atoms with Crippen LogP contribution in [0.15, 0.2) is 29.6 Å². The third kappa shape index (κ3) is 5.91. The number of rotatable bonds is 5. The van der Waals surface area contributed by atoms with Crippen molar-refractivity contribution in [3.8, 4) is 6.07 Å². The van der Waals surface area contributed by atoms with Crippen LogP contribution in [0.1, 0.15) is 41.1 Å². The van der Waals surface area contributed by atoms with Gasteiger partial charge in [-0.15, -0.1) is 11.3 Å². The molecule has 31 heavy (non-hydrogen) atoms. The smallest absolute Gasteiger partial charge is 0.225 e. The van der Waals surface area contributed by atoms with Gasteiger partial charge in [-0.3, -0.25) is 14.6 Å². The minimum Gasteiger partial charge on any atom is -0.341 e. The number of hydrogen-bond donors (Lipinski definition) is 0. The van der Waals surface area contributed by atoms with Crippen molar-refractivity contribution in [1.82, 2.24) is 19.7 Å². The monoisotopic (exact) mass is 437 g/mol. The van der Waals surface area contributed by atoms with Crippen molar-refractivity contribution in [1.29, 1.82) is 5.26 Å². The van der Waals surface area contributed by atoms with Crippen LogP contribution < -0.4 is 0 Å². The average molecular weight is 438 g/mol. The molecule has 2 aromatic rings. The molecule has 3 heterocycles. The molecule has 2 fully saturated rings. The number of amides is 1. The van der Waals surface area contributed by atoms with Crippen LogP contribution in [0.5, 0.6) is 0 Å². The Labute approximate surface area is 189 Å². The SMILES string of the molecule is Cc1nc(CN2CCC(C(=O)N3CCCN(Cc4ccc(C#N)cc4)CC3)CC2)cs1. The zero-order valence-corrected chi connectivity index (χ0v) is 19.1. The van der Waals surface area contributed by atoms with E-state index in [-0.39, 0.29) is 5.92 Å². The van der Waals surface area contributed by atoms with Crippen molar-refractivity contribution in [3.63, 3.8) is 0 Å². The highest BCUT2D eigenvalue weighted by Crippen LogP contribution is 2.22. The van der Waals surface area contributed by atoms with E-state index in [2.05, 4.69) is 31.1 Å². The molecule has 2 aliphatic rings. The van der Waals surface area contributed by atoms with Gasteiger partial charge in [-0.05, 0) is 57.0 Å². The lowest BCUT2D eigenvalue weighted by Crippen LogP contribution is -2.43. The van der Waals surface area contributed by atoms with E-state index in [1.807, 2.05) is 31.2 Å². The second-order valence-corrected chi connectivity index (χ2v) is 9.73. The van der Waals surface area contributed by atoms with Crippen LogP contribution >= 0.6 is 11.3 Å². The highest BCUT2D eigenvalue weighted by molar-refractivity contribution is 7.09. The van der Waals surface area contributed by atoms with Crippen LogP contribution in [-0.2, 0) is 17.9 Å². The summed E-state index contributed by atoms with van der Waals surface area (Å²) < 4.78 is 0. The van der Waals surface area contributed by atoms with Crippen LogP contribution in [0, 0.1) is 24.2 Å². The molecule has 0 atom stereocenters. The fraction of sp³-hybridized carbons (Fsp3) is 0.542. The number of aryl methyl sites for hydroxylation is 1. The maximum absolute atomic E-state index is 13.2. The summed E-state index contributed by atoms with van der Waals surface area (Å²) in [5.41, 5.74) is 3.08. The molecule has 0 aliphatic carbocycles. The standard InChI is InChI=1S/C24H31N5OS/c1-19-26-23(18-31-19)17-28-11-7-22(8-12-28)24(30)29-10-2-9-27(13-14-29)16-21-5-3-20(15-25)4-6-21/h3-6,18,22H,2,7-14,16-17H2,1H3. The van der Waals surface area contributed by atoms with Gasteiger partial charge in [0.2, 0.25) is 5.91 Å². The predicted molar refractivity (Wildman–Crippen MR) is 122 cm³/mol. The Morgan fingerprint density at radius 1 is 1.06 bits per heavy atom. The Bertz CT molecular complexity index is 911. The first kappa shape index (κ1) is 21.9. The Morgan fingerprint density at radius 2 is 1.81 bits per heavy atom. The molecule has 0 bridgehead atoms. The summed E-state index contributed by atoms with van der Waals surface area (Å²) in [5.74, 6) is 0.517. The van der Waals surface area contributed by atoms with Crippen molar-refractivity contribution in [2.24, 2.45) is 5.92 Å². The fourth-order valence-electron chi connectivity index (χ4n) is 4.60. The largest absolute Gasteiger partial charge is 0.341 e. The predicted octanol–water partition coefficient (Wildman–Crippen LogP) is 3.27. The lowest BCUT2D eigenvalue weighted by Gasteiger charge is -2.33. The molecule has 7 heteroatoms. The van der Waals surface area contributed by atoms with Crippen molar-refractivity contribution in [3.05, 3.63) is 51.5 Å². The topological polar surface area (TPSA) is 63.5 Å². The van der Waals surface area contributed by atoms with Gasteiger partial charge < -0.3 is 4.90 Å². The number of nitrogens with zero attached hydrogens (tertiary/aromatic N) is 5. The molecule has 1 amide bonds. The van der Waals surface area contributed by atoms with Gasteiger partial charge in [0.05, 0.1) is 22.3 Å². The van der Waals surface area contributed by atoms with Gasteiger partial charge in [-0.1, -0.05) is 12.1 Å². The number of likely N-dealkylation sites (tertiary alicyclic amines) is 1. The molecule has 4 rings (SSSR count). The average Bonchev–Trinajstić information content (AvgIpc) is 3.06. The molecular formula is C24H31N5OS. The highest BCUT2D eigenvalue weighted by atomic mass is 32.1. The minimum absolute atomic E-state index is 0.165. The maximum Gasteiger partial charge on any atom is 0.225 e. The Kier molecular flexibility index (Phi) is 7.33. The van der Waals surface area contributed by atoms with Gasteiger partial charge >= 0.3 is 0 Å². The van der Waals surface area contributed by atoms with Crippen molar-refractivity contribution in [2.45, 2.75) is 39.3 Å². The third-order valence-corrected chi connectivity index (χ3v) is 7.20. The van der Waals surface area contributed by atoms with E-state index in [9.17, 15) is 4.79 Å². The second-order valence-electron chi connectivity index (χ2n) is 8.67. The number of aromatic nitrogens is 1. The summed E-state index contributed by atoms with van der Waals surface area (Å²) in [7, 11) is 0. The number of hydrogen-bond acceptors (Lipinski definition) is 6.